The summed E-state index contributed by atoms with van der Waals surface area (Å²) >= 11 is 0. The van der Waals surface area contributed by atoms with E-state index in [1.807, 2.05) is 30.3 Å². The standard InChI is InChI=1S/C11H12O3/c12-9-11(13-6-7-14-11)8-10-4-2-1-3-5-10/h1-7,12H,8-9H2. The van der Waals surface area contributed by atoms with Crippen molar-refractivity contribution in [2.75, 3.05) is 6.61 Å². The van der Waals surface area contributed by atoms with Crippen molar-refractivity contribution in [2.24, 2.45) is 0 Å². The van der Waals surface area contributed by atoms with Gasteiger partial charge in [0.1, 0.15) is 19.1 Å². The second-order valence-electron chi connectivity index (χ2n) is 3.24. The molecule has 0 amide bonds. The number of rotatable bonds is 3. The molecule has 0 saturated carbocycles. The van der Waals surface area contributed by atoms with Crippen LogP contribution in [0, 0.1) is 0 Å². The summed E-state index contributed by atoms with van der Waals surface area (Å²) in [7, 11) is 0. The lowest BCUT2D eigenvalue weighted by Gasteiger charge is -2.25. The average molecular weight is 192 g/mol. The second-order valence-corrected chi connectivity index (χ2v) is 3.24. The first kappa shape index (κ1) is 9.09. The van der Waals surface area contributed by atoms with Crippen molar-refractivity contribution in [1.29, 1.82) is 0 Å². The minimum Gasteiger partial charge on any atom is -0.454 e. The highest BCUT2D eigenvalue weighted by Gasteiger charge is 2.35. The third-order valence-electron chi connectivity index (χ3n) is 2.18. The van der Waals surface area contributed by atoms with Crippen LogP contribution in [-0.2, 0) is 15.9 Å². The fourth-order valence-corrected chi connectivity index (χ4v) is 1.45. The van der Waals surface area contributed by atoms with Crippen molar-refractivity contribution in [3.63, 3.8) is 0 Å². The van der Waals surface area contributed by atoms with E-state index in [9.17, 15) is 5.11 Å². The largest absolute Gasteiger partial charge is 0.454 e. The SMILES string of the molecule is OCC1(Cc2ccccc2)OC=CO1. The van der Waals surface area contributed by atoms with Crippen LogP contribution in [0.5, 0.6) is 0 Å². The molecule has 3 heteroatoms. The monoisotopic (exact) mass is 192 g/mol. The molecule has 0 atom stereocenters. The third kappa shape index (κ3) is 1.72. The van der Waals surface area contributed by atoms with Gasteiger partial charge in [0, 0.05) is 0 Å². The maximum absolute atomic E-state index is 9.19. The maximum Gasteiger partial charge on any atom is 0.276 e. The van der Waals surface area contributed by atoms with E-state index in [1.54, 1.807) is 0 Å². The average Bonchev–Trinajstić information content (AvgIpc) is 2.69. The molecule has 0 aliphatic carbocycles. The predicted molar refractivity (Wildman–Crippen MR) is 51.3 cm³/mol. The van der Waals surface area contributed by atoms with Crippen LogP contribution < -0.4 is 0 Å². The van der Waals surface area contributed by atoms with Gasteiger partial charge in [-0.1, -0.05) is 30.3 Å². The summed E-state index contributed by atoms with van der Waals surface area (Å²) in [5.74, 6) is -0.915. The lowest BCUT2D eigenvalue weighted by atomic mass is 10.1. The van der Waals surface area contributed by atoms with E-state index in [2.05, 4.69) is 0 Å². The zero-order chi connectivity index (χ0) is 9.86. The molecular formula is C11H12O3. The van der Waals surface area contributed by atoms with Crippen molar-refractivity contribution in [3.05, 3.63) is 48.4 Å². The van der Waals surface area contributed by atoms with Crippen molar-refractivity contribution < 1.29 is 14.6 Å². The fourth-order valence-electron chi connectivity index (χ4n) is 1.45. The molecule has 0 saturated heterocycles. The molecule has 1 aromatic carbocycles. The predicted octanol–water partition coefficient (Wildman–Crippen LogP) is 1.44. The van der Waals surface area contributed by atoms with Crippen LogP contribution in [0.15, 0.2) is 42.9 Å². The number of ether oxygens (including phenoxy) is 2. The van der Waals surface area contributed by atoms with Crippen LogP contribution in [0.3, 0.4) is 0 Å². The Bertz CT molecular complexity index is 311. The minimum atomic E-state index is -0.915. The normalized spacial score (nSPS) is 17.5. The highest BCUT2D eigenvalue weighted by atomic mass is 16.7. The van der Waals surface area contributed by atoms with Crippen LogP contribution in [0.1, 0.15) is 5.56 Å². The summed E-state index contributed by atoms with van der Waals surface area (Å²) in [6, 6.07) is 9.79. The Kier molecular flexibility index (Phi) is 2.41. The van der Waals surface area contributed by atoms with Gasteiger partial charge in [-0.2, -0.15) is 0 Å². The minimum absolute atomic E-state index is 0.158. The highest BCUT2D eigenvalue weighted by molar-refractivity contribution is 5.17. The molecule has 0 spiro atoms. The fraction of sp³-hybridized carbons (Fsp3) is 0.273. The number of benzene rings is 1. The van der Waals surface area contributed by atoms with E-state index in [4.69, 9.17) is 9.47 Å². The Labute approximate surface area is 82.6 Å². The van der Waals surface area contributed by atoms with Gasteiger partial charge in [0.05, 0.1) is 6.42 Å². The summed E-state index contributed by atoms with van der Waals surface area (Å²) in [6.45, 7) is -0.158. The molecule has 0 aromatic heterocycles. The maximum atomic E-state index is 9.19. The van der Waals surface area contributed by atoms with E-state index in [-0.39, 0.29) is 6.61 Å². The molecule has 0 radical (unpaired) electrons. The van der Waals surface area contributed by atoms with E-state index in [1.165, 1.54) is 12.5 Å². The number of aliphatic hydroxyl groups is 1. The molecule has 14 heavy (non-hydrogen) atoms. The van der Waals surface area contributed by atoms with Gasteiger partial charge >= 0.3 is 0 Å². The smallest absolute Gasteiger partial charge is 0.276 e. The number of hydrogen-bond donors (Lipinski definition) is 1. The Morgan fingerprint density at radius 1 is 1.07 bits per heavy atom. The van der Waals surface area contributed by atoms with E-state index >= 15 is 0 Å². The topological polar surface area (TPSA) is 38.7 Å². The van der Waals surface area contributed by atoms with Crippen molar-refractivity contribution in [3.8, 4) is 0 Å². The molecule has 1 N–H and O–H groups in total. The number of hydrogen-bond acceptors (Lipinski definition) is 3. The molecule has 0 bridgehead atoms. The first-order valence-electron chi connectivity index (χ1n) is 4.50. The summed E-state index contributed by atoms with van der Waals surface area (Å²) in [6.07, 6.45) is 3.45. The molecule has 74 valence electrons. The van der Waals surface area contributed by atoms with Gasteiger partial charge in [-0.3, -0.25) is 0 Å². The van der Waals surface area contributed by atoms with Crippen LogP contribution in [-0.4, -0.2) is 17.5 Å². The van der Waals surface area contributed by atoms with Gasteiger partial charge in [0.2, 0.25) is 0 Å². The molecule has 1 heterocycles. The first-order valence-corrected chi connectivity index (χ1v) is 4.50. The molecule has 3 nitrogen and oxygen atoms in total. The van der Waals surface area contributed by atoms with E-state index in [0.717, 1.165) is 5.56 Å². The van der Waals surface area contributed by atoms with Crippen molar-refractivity contribution in [2.45, 2.75) is 12.2 Å². The van der Waals surface area contributed by atoms with E-state index < -0.39 is 5.79 Å². The molecule has 1 aromatic rings. The second kappa shape index (κ2) is 3.72. The zero-order valence-corrected chi connectivity index (χ0v) is 7.72. The van der Waals surface area contributed by atoms with Crippen molar-refractivity contribution in [1.82, 2.24) is 0 Å². The quantitative estimate of drug-likeness (QED) is 0.787. The summed E-state index contributed by atoms with van der Waals surface area (Å²) in [4.78, 5) is 0. The lowest BCUT2D eigenvalue weighted by molar-refractivity contribution is -0.167. The molecule has 0 fully saturated rings. The summed E-state index contributed by atoms with van der Waals surface area (Å²) in [5, 5.41) is 9.19. The Morgan fingerprint density at radius 3 is 2.29 bits per heavy atom. The van der Waals surface area contributed by atoms with Crippen LogP contribution >= 0.6 is 0 Å². The van der Waals surface area contributed by atoms with Gasteiger partial charge in [0.15, 0.2) is 0 Å². The highest BCUT2D eigenvalue weighted by Crippen LogP contribution is 2.24. The Morgan fingerprint density at radius 2 is 1.71 bits per heavy atom. The van der Waals surface area contributed by atoms with Crippen molar-refractivity contribution >= 4 is 0 Å². The van der Waals surface area contributed by atoms with Crippen LogP contribution in [0.25, 0.3) is 0 Å². The van der Waals surface area contributed by atoms with Gasteiger partial charge in [-0.25, -0.2) is 0 Å². The Balaban J connectivity index is 2.09. The number of aliphatic hydroxyl groups excluding tert-OH is 1. The van der Waals surface area contributed by atoms with Gasteiger partial charge in [0.25, 0.3) is 5.79 Å². The van der Waals surface area contributed by atoms with Crippen LogP contribution in [0.2, 0.25) is 0 Å². The lowest BCUT2D eigenvalue weighted by Crippen LogP contribution is -2.36. The van der Waals surface area contributed by atoms with Gasteiger partial charge in [-0.15, -0.1) is 0 Å². The summed E-state index contributed by atoms with van der Waals surface area (Å²) < 4.78 is 10.5. The molecule has 0 unspecified atom stereocenters. The first-order chi connectivity index (χ1) is 6.85. The van der Waals surface area contributed by atoms with Gasteiger partial charge < -0.3 is 14.6 Å². The molecular weight excluding hydrogens is 180 g/mol. The van der Waals surface area contributed by atoms with Gasteiger partial charge in [-0.05, 0) is 5.56 Å². The van der Waals surface area contributed by atoms with E-state index in [0.29, 0.717) is 6.42 Å². The third-order valence-corrected chi connectivity index (χ3v) is 2.18. The van der Waals surface area contributed by atoms with Crippen LogP contribution in [0.4, 0.5) is 0 Å². The molecule has 1 aliphatic rings. The Hall–Kier alpha value is -1.48. The summed E-state index contributed by atoms with van der Waals surface area (Å²) in [5.41, 5.74) is 1.07. The molecule has 2 rings (SSSR count). The molecule has 1 aliphatic heterocycles. The zero-order valence-electron chi connectivity index (χ0n) is 7.72.